The molecule has 0 saturated heterocycles. The lowest BCUT2D eigenvalue weighted by atomic mass is 10.0. The van der Waals surface area contributed by atoms with Gasteiger partial charge < -0.3 is 9.73 Å². The third-order valence-corrected chi connectivity index (χ3v) is 6.53. The van der Waals surface area contributed by atoms with Crippen molar-refractivity contribution in [2.45, 2.75) is 18.8 Å². The Bertz CT molecular complexity index is 1260. The molecule has 4 rings (SSSR count). The van der Waals surface area contributed by atoms with Gasteiger partial charge in [-0.2, -0.15) is 4.98 Å². The number of rotatable bonds is 6. The highest BCUT2D eigenvalue weighted by Crippen LogP contribution is 2.46. The summed E-state index contributed by atoms with van der Waals surface area (Å²) in [4.78, 5) is 17.3. The van der Waals surface area contributed by atoms with Crippen LogP contribution in [0.25, 0.3) is 28.5 Å². The molecule has 0 atom stereocenters. The highest BCUT2D eigenvalue weighted by molar-refractivity contribution is 7.92. The number of pyridine rings is 1. The second kappa shape index (κ2) is 7.28. The molecule has 1 aliphatic rings. The molecule has 0 spiro atoms. The first kappa shape index (κ1) is 20.2. The minimum absolute atomic E-state index is 0.226. The number of carbonyl (C=O) groups excluding carboxylic acids is 1. The molecule has 1 aromatic carbocycles. The van der Waals surface area contributed by atoms with E-state index in [0.717, 1.165) is 35.8 Å². The lowest BCUT2D eigenvalue weighted by Crippen LogP contribution is -2.27. The third kappa shape index (κ3) is 3.47. The number of nitrogens with one attached hydrogen (secondary N) is 1. The third-order valence-electron chi connectivity index (χ3n) is 5.37. The van der Waals surface area contributed by atoms with Crippen molar-refractivity contribution in [2.24, 2.45) is 0 Å². The lowest BCUT2D eigenvalue weighted by Gasteiger charge is -2.18. The lowest BCUT2D eigenvalue weighted by molar-refractivity contribution is 0.0964. The van der Waals surface area contributed by atoms with Gasteiger partial charge in [0.15, 0.2) is 0 Å². The molecule has 3 aromatic rings. The van der Waals surface area contributed by atoms with E-state index >= 15 is 0 Å². The van der Waals surface area contributed by atoms with Gasteiger partial charge in [0.05, 0.1) is 17.2 Å². The van der Waals surface area contributed by atoms with Crippen LogP contribution in [0.5, 0.6) is 0 Å². The van der Waals surface area contributed by atoms with Crippen LogP contribution in [0.2, 0.25) is 0 Å². The van der Waals surface area contributed by atoms with Crippen molar-refractivity contribution in [3.63, 3.8) is 0 Å². The van der Waals surface area contributed by atoms with Crippen molar-refractivity contribution in [3.8, 4) is 11.3 Å². The van der Waals surface area contributed by atoms with Gasteiger partial charge in [-0.05, 0) is 36.0 Å². The van der Waals surface area contributed by atoms with E-state index in [1.54, 1.807) is 13.1 Å². The number of fused-ring (bicyclic) bond motifs is 1. The molecule has 2 heterocycles. The number of nitrogens with zero attached hydrogens (tertiary/aromatic N) is 2. The maximum atomic E-state index is 12.8. The maximum absolute atomic E-state index is 12.8. The molecule has 2 aromatic heterocycles. The molecule has 30 heavy (non-hydrogen) atoms. The Morgan fingerprint density at radius 2 is 1.97 bits per heavy atom. The van der Waals surface area contributed by atoms with Crippen LogP contribution < -0.4 is 9.62 Å². The van der Waals surface area contributed by atoms with Gasteiger partial charge in [-0.15, -0.1) is 0 Å². The van der Waals surface area contributed by atoms with Crippen LogP contribution in [-0.4, -0.2) is 39.7 Å². The van der Waals surface area contributed by atoms with Crippen LogP contribution in [-0.2, 0) is 10.0 Å². The van der Waals surface area contributed by atoms with E-state index in [0.29, 0.717) is 22.5 Å². The summed E-state index contributed by atoms with van der Waals surface area (Å²) < 4.78 is 31.5. The normalized spacial score (nSPS) is 14.0. The number of hydrogen-bond acceptors (Lipinski definition) is 5. The number of furan rings is 1. The summed E-state index contributed by atoms with van der Waals surface area (Å²) in [7, 11) is -0.455. The van der Waals surface area contributed by atoms with Crippen LogP contribution in [0.1, 0.15) is 40.2 Å². The first-order valence-corrected chi connectivity index (χ1v) is 11.5. The summed E-state index contributed by atoms with van der Waals surface area (Å²) >= 11 is 0. The van der Waals surface area contributed by atoms with Crippen LogP contribution in [0, 0.1) is 0 Å². The molecule has 1 N–H and O–H groups in total. The Morgan fingerprint density at radius 1 is 1.30 bits per heavy atom. The van der Waals surface area contributed by atoms with E-state index in [4.69, 9.17) is 4.42 Å². The molecule has 8 heteroatoms. The Balaban J connectivity index is 1.99. The number of anilines is 1. The minimum Gasteiger partial charge on any atom is -0.437 e. The second-order valence-electron chi connectivity index (χ2n) is 7.47. The number of benzene rings is 1. The van der Waals surface area contributed by atoms with Crippen molar-refractivity contribution in [3.05, 3.63) is 53.6 Å². The molecule has 1 aliphatic carbocycles. The Kier molecular flexibility index (Phi) is 4.89. The predicted octanol–water partition coefficient (Wildman–Crippen LogP) is 3.77. The van der Waals surface area contributed by atoms with E-state index < -0.39 is 10.0 Å². The number of aromatic nitrogens is 1. The zero-order chi connectivity index (χ0) is 21.6. The van der Waals surface area contributed by atoms with Gasteiger partial charge in [0.2, 0.25) is 15.7 Å². The molecule has 7 nitrogen and oxygen atoms in total. The van der Waals surface area contributed by atoms with Crippen molar-refractivity contribution in [1.82, 2.24) is 10.3 Å². The summed E-state index contributed by atoms with van der Waals surface area (Å²) in [6, 6.07) is 9.33. The zero-order valence-corrected chi connectivity index (χ0v) is 17.9. The first-order valence-electron chi connectivity index (χ1n) is 9.61. The van der Waals surface area contributed by atoms with E-state index in [1.807, 2.05) is 30.3 Å². The molecule has 156 valence electrons. The molecule has 1 fully saturated rings. The molecular weight excluding hydrogens is 402 g/mol. The number of hydrogen-bond donors (Lipinski definition) is 1. The van der Waals surface area contributed by atoms with Crippen molar-refractivity contribution in [2.75, 3.05) is 24.7 Å². The fourth-order valence-corrected chi connectivity index (χ4v) is 3.92. The largest absolute Gasteiger partial charge is 0.437 e. The van der Waals surface area contributed by atoms with Crippen LogP contribution in [0.4, 0.5) is 5.82 Å². The van der Waals surface area contributed by atoms with Gasteiger partial charge in [0.25, 0.3) is 5.91 Å². The highest BCUT2D eigenvalue weighted by Gasteiger charge is 2.33. The van der Waals surface area contributed by atoms with Gasteiger partial charge in [0, 0.05) is 19.7 Å². The van der Waals surface area contributed by atoms with Crippen LogP contribution in [0.15, 0.2) is 41.3 Å². The Labute approximate surface area is 175 Å². The Hall–Kier alpha value is -3.13. The SMILES string of the molecule is C=Cc1ccc(-c2oc3nc(N(C)S(C)(=O)=O)c(C4CC4)cc3c2C(=O)NC)cc1. The molecule has 1 amide bonds. The summed E-state index contributed by atoms with van der Waals surface area (Å²) in [5.74, 6) is 0.680. The average Bonchev–Trinajstić information content (AvgIpc) is 3.51. The molecular formula is C22H23N3O4S. The number of amides is 1. The van der Waals surface area contributed by atoms with Gasteiger partial charge in [0.1, 0.15) is 11.6 Å². The van der Waals surface area contributed by atoms with Gasteiger partial charge >= 0.3 is 0 Å². The topological polar surface area (TPSA) is 92.5 Å². The highest BCUT2D eigenvalue weighted by atomic mass is 32.2. The fourth-order valence-electron chi connectivity index (χ4n) is 3.46. The Morgan fingerprint density at radius 3 is 2.50 bits per heavy atom. The predicted molar refractivity (Wildman–Crippen MR) is 118 cm³/mol. The van der Waals surface area contributed by atoms with Gasteiger partial charge in [-0.1, -0.05) is 36.9 Å². The summed E-state index contributed by atoms with van der Waals surface area (Å²) in [5.41, 5.74) is 3.11. The zero-order valence-electron chi connectivity index (χ0n) is 17.1. The molecule has 1 saturated carbocycles. The standard InChI is InChI=1S/C22H23N3O4S/c1-5-13-6-8-15(9-7-13)19-18(21(26)23-2)17-12-16(14-10-11-14)20(24-22(17)29-19)25(3)30(4,27)28/h5-9,12,14H,1,10-11H2,2-4H3,(H,23,26). The van der Waals surface area contributed by atoms with Crippen LogP contribution in [0.3, 0.4) is 0 Å². The first-order chi connectivity index (χ1) is 14.2. The van der Waals surface area contributed by atoms with E-state index in [-0.39, 0.29) is 17.5 Å². The van der Waals surface area contributed by atoms with Crippen molar-refractivity contribution >= 4 is 38.9 Å². The van der Waals surface area contributed by atoms with Crippen LogP contribution >= 0.6 is 0 Å². The quantitative estimate of drug-likeness (QED) is 0.649. The smallest absolute Gasteiger partial charge is 0.255 e. The molecule has 0 aliphatic heterocycles. The van der Waals surface area contributed by atoms with Gasteiger partial charge in [-0.3, -0.25) is 9.10 Å². The summed E-state index contributed by atoms with van der Waals surface area (Å²) in [6.45, 7) is 3.75. The van der Waals surface area contributed by atoms with E-state index in [9.17, 15) is 13.2 Å². The van der Waals surface area contributed by atoms with E-state index in [1.165, 1.54) is 11.4 Å². The minimum atomic E-state index is -3.50. The van der Waals surface area contributed by atoms with Crippen molar-refractivity contribution < 1.29 is 17.6 Å². The van der Waals surface area contributed by atoms with Crippen molar-refractivity contribution in [1.29, 1.82) is 0 Å². The number of carbonyl (C=O) groups is 1. The molecule has 0 radical (unpaired) electrons. The average molecular weight is 426 g/mol. The summed E-state index contributed by atoms with van der Waals surface area (Å²) in [5, 5.41) is 3.24. The molecule has 0 unspecified atom stereocenters. The van der Waals surface area contributed by atoms with E-state index in [2.05, 4.69) is 16.9 Å². The monoisotopic (exact) mass is 425 g/mol. The molecule has 0 bridgehead atoms. The second-order valence-corrected chi connectivity index (χ2v) is 9.48. The maximum Gasteiger partial charge on any atom is 0.255 e. The number of sulfonamides is 1. The fraction of sp³-hybridized carbons (Fsp3) is 0.273. The van der Waals surface area contributed by atoms with Gasteiger partial charge in [-0.25, -0.2) is 8.42 Å². The summed E-state index contributed by atoms with van der Waals surface area (Å²) in [6.07, 6.45) is 4.79.